The smallest absolute Gasteiger partial charge is 0.408 e. The summed E-state index contributed by atoms with van der Waals surface area (Å²) < 4.78 is 11.2. The van der Waals surface area contributed by atoms with E-state index in [-0.39, 0.29) is 13.0 Å². The molecule has 0 aliphatic heterocycles. The molecule has 254 valence electrons. The van der Waals surface area contributed by atoms with Gasteiger partial charge in [0.15, 0.2) is 0 Å². The molecule has 2 N–H and O–H groups in total. The topological polar surface area (TPSA) is 114 Å². The maximum Gasteiger partial charge on any atom is 0.408 e. The van der Waals surface area contributed by atoms with Gasteiger partial charge in [-0.1, -0.05) is 55.5 Å². The molecule has 2 rings (SSSR count). The monoisotopic (exact) mass is 655 g/mol. The number of carbonyl (C=O) groups excluding carboxylic acids is 4. The molecule has 0 radical (unpaired) electrons. The molecule has 0 saturated heterocycles. The maximum atomic E-state index is 14.6. The molecule has 9 nitrogen and oxygen atoms in total. The van der Waals surface area contributed by atoms with Crippen molar-refractivity contribution in [2.24, 2.45) is 0 Å². The van der Waals surface area contributed by atoms with Gasteiger partial charge in [-0.25, -0.2) is 9.59 Å². The molecule has 3 atom stereocenters. The van der Waals surface area contributed by atoms with E-state index in [0.29, 0.717) is 24.2 Å². The van der Waals surface area contributed by atoms with Gasteiger partial charge in [0.05, 0.1) is 0 Å². The van der Waals surface area contributed by atoms with Gasteiger partial charge in [0.2, 0.25) is 11.8 Å². The first-order valence-electron chi connectivity index (χ1n) is 15.9. The van der Waals surface area contributed by atoms with Gasteiger partial charge in [-0.05, 0) is 102 Å². The van der Waals surface area contributed by atoms with Gasteiger partial charge in [-0.2, -0.15) is 11.8 Å². The molecular weight excluding hydrogens is 602 g/mol. The number of rotatable bonds is 14. The Morgan fingerprint density at radius 3 is 1.93 bits per heavy atom. The van der Waals surface area contributed by atoms with E-state index in [1.807, 2.05) is 75.6 Å². The number of carbonyl (C=O) groups is 4. The van der Waals surface area contributed by atoms with Gasteiger partial charge >= 0.3 is 12.1 Å². The summed E-state index contributed by atoms with van der Waals surface area (Å²) in [4.78, 5) is 56.9. The number of hydrogen-bond acceptors (Lipinski definition) is 7. The predicted octanol–water partition coefficient (Wildman–Crippen LogP) is 6.30. The zero-order chi connectivity index (χ0) is 34.7. The summed E-state index contributed by atoms with van der Waals surface area (Å²) in [6, 6.07) is 12.1. The quantitative estimate of drug-likeness (QED) is 0.230. The highest BCUT2D eigenvalue weighted by molar-refractivity contribution is 7.98. The Labute approximate surface area is 279 Å². The number of alkyl carbamates (subject to hydrolysis) is 1. The Balaban J connectivity index is 2.63. The van der Waals surface area contributed by atoms with Gasteiger partial charge in [0.25, 0.3) is 0 Å². The van der Waals surface area contributed by atoms with Crippen LogP contribution in [0.25, 0.3) is 0 Å². The van der Waals surface area contributed by atoms with E-state index >= 15 is 0 Å². The van der Waals surface area contributed by atoms with E-state index in [1.165, 1.54) is 4.90 Å². The van der Waals surface area contributed by atoms with Crippen molar-refractivity contribution in [2.75, 3.05) is 18.6 Å². The van der Waals surface area contributed by atoms with Crippen molar-refractivity contribution in [1.82, 2.24) is 15.5 Å². The number of amides is 3. The first-order valence-corrected chi connectivity index (χ1v) is 17.3. The van der Waals surface area contributed by atoms with Gasteiger partial charge in [-0.3, -0.25) is 9.59 Å². The Morgan fingerprint density at radius 1 is 0.826 bits per heavy atom. The molecule has 3 unspecified atom stereocenters. The Hall–Kier alpha value is -3.53. The van der Waals surface area contributed by atoms with Gasteiger partial charge in [-0.15, -0.1) is 0 Å². The summed E-state index contributed by atoms with van der Waals surface area (Å²) in [5, 5.41) is 5.73. The Bertz CT molecular complexity index is 1300. The van der Waals surface area contributed by atoms with Crippen molar-refractivity contribution in [3.8, 4) is 0 Å². The third-order valence-electron chi connectivity index (χ3n) is 7.01. The highest BCUT2D eigenvalue weighted by Gasteiger charge is 2.39. The average Bonchev–Trinajstić information content (AvgIpc) is 2.94. The minimum absolute atomic E-state index is 0.208. The first-order chi connectivity index (χ1) is 21.5. The molecule has 0 heterocycles. The van der Waals surface area contributed by atoms with E-state index < -0.39 is 53.2 Å². The summed E-state index contributed by atoms with van der Waals surface area (Å²) >= 11 is 1.55. The van der Waals surface area contributed by atoms with E-state index in [9.17, 15) is 19.2 Å². The lowest BCUT2D eigenvalue weighted by Gasteiger charge is -2.36. The normalized spacial score (nSPS) is 13.6. The molecule has 0 aromatic heterocycles. The maximum absolute atomic E-state index is 14.6. The van der Waals surface area contributed by atoms with Crippen LogP contribution >= 0.6 is 11.8 Å². The fourth-order valence-corrected chi connectivity index (χ4v) is 5.58. The van der Waals surface area contributed by atoms with Crippen molar-refractivity contribution in [2.45, 2.75) is 111 Å². The van der Waals surface area contributed by atoms with Crippen molar-refractivity contribution in [1.29, 1.82) is 0 Å². The van der Waals surface area contributed by atoms with Crippen LogP contribution in [-0.4, -0.2) is 70.6 Å². The average molecular weight is 656 g/mol. The number of nitrogens with zero attached hydrogens (tertiary/aromatic N) is 1. The fraction of sp³-hybridized carbons (Fsp3) is 0.556. The van der Waals surface area contributed by atoms with Gasteiger partial charge < -0.3 is 25.0 Å². The number of aryl methyl sites for hydroxylation is 2. The van der Waals surface area contributed by atoms with Crippen LogP contribution in [0.4, 0.5) is 4.79 Å². The third-order valence-corrected chi connectivity index (χ3v) is 7.66. The second-order valence-electron chi connectivity index (χ2n) is 13.5. The lowest BCUT2D eigenvalue weighted by molar-refractivity contribution is -0.159. The van der Waals surface area contributed by atoms with E-state index in [4.69, 9.17) is 9.47 Å². The Morgan fingerprint density at radius 2 is 1.41 bits per heavy atom. The summed E-state index contributed by atoms with van der Waals surface area (Å²) in [6.07, 6.45) is 2.33. The minimum atomic E-state index is -1.08. The molecule has 0 aliphatic carbocycles. The van der Waals surface area contributed by atoms with Crippen molar-refractivity contribution in [3.63, 3.8) is 0 Å². The molecule has 2 aromatic carbocycles. The predicted molar refractivity (Wildman–Crippen MR) is 185 cm³/mol. The van der Waals surface area contributed by atoms with E-state index in [2.05, 4.69) is 10.6 Å². The van der Waals surface area contributed by atoms with E-state index in [0.717, 1.165) is 16.7 Å². The van der Waals surface area contributed by atoms with Gasteiger partial charge in [0.1, 0.15) is 29.3 Å². The molecule has 0 aliphatic rings. The summed E-state index contributed by atoms with van der Waals surface area (Å²) in [6.45, 7) is 16.6. The molecular formula is C36H53N3O6S. The lowest BCUT2D eigenvalue weighted by Crippen LogP contribution is -2.55. The molecule has 0 fully saturated rings. The number of thioether (sulfide) groups is 1. The van der Waals surface area contributed by atoms with Crippen LogP contribution in [0, 0.1) is 13.8 Å². The minimum Gasteiger partial charge on any atom is -0.458 e. The van der Waals surface area contributed by atoms with Crippen LogP contribution in [0.5, 0.6) is 0 Å². The molecule has 3 amide bonds. The first kappa shape index (κ1) is 38.7. The molecule has 0 spiro atoms. The highest BCUT2D eigenvalue weighted by atomic mass is 32.2. The summed E-state index contributed by atoms with van der Waals surface area (Å²) in [7, 11) is 0. The van der Waals surface area contributed by atoms with Crippen LogP contribution in [0.1, 0.15) is 89.6 Å². The third kappa shape index (κ3) is 12.3. The summed E-state index contributed by atoms with van der Waals surface area (Å²) in [5.41, 5.74) is 1.65. The standard InChI is InChI=1S/C36H53N3O6S/c1-11-21-39(32(41)27(20-22-46-10)38-34(43)45-36(7,8)9)30(29-24(2)16-15-17-25(29)3)31(40)37-28(33(42)44-35(4,5)6)23-26-18-13-12-14-19-26/h12-19,27-28,30H,11,20-23H2,1-10H3,(H,37,40)(H,38,43). The number of ether oxygens (including phenoxy) is 2. The lowest BCUT2D eigenvalue weighted by atomic mass is 9.93. The summed E-state index contributed by atoms with van der Waals surface area (Å²) in [5.74, 6) is -0.874. The number of benzene rings is 2. The molecule has 2 aromatic rings. The Kier molecular flexibility index (Phi) is 14.6. The van der Waals surface area contributed by atoms with Crippen molar-refractivity contribution >= 4 is 35.6 Å². The second kappa shape index (κ2) is 17.4. The molecule has 46 heavy (non-hydrogen) atoms. The SMILES string of the molecule is CCCN(C(=O)C(CCSC)NC(=O)OC(C)(C)C)C(C(=O)NC(Cc1ccccc1)C(=O)OC(C)(C)C)c1c(C)cccc1C. The number of nitrogens with one attached hydrogen (secondary N) is 2. The van der Waals surface area contributed by atoms with Gasteiger partial charge in [0, 0.05) is 13.0 Å². The van der Waals surface area contributed by atoms with Crippen LogP contribution in [-0.2, 0) is 30.3 Å². The fourth-order valence-electron chi connectivity index (χ4n) is 5.10. The van der Waals surface area contributed by atoms with Crippen LogP contribution in [0.3, 0.4) is 0 Å². The van der Waals surface area contributed by atoms with Crippen LogP contribution < -0.4 is 10.6 Å². The van der Waals surface area contributed by atoms with Crippen LogP contribution in [0.15, 0.2) is 48.5 Å². The van der Waals surface area contributed by atoms with Crippen molar-refractivity contribution < 1.29 is 28.7 Å². The number of hydrogen-bond donors (Lipinski definition) is 2. The largest absolute Gasteiger partial charge is 0.458 e. The van der Waals surface area contributed by atoms with E-state index in [1.54, 1.807) is 53.3 Å². The molecule has 10 heteroatoms. The zero-order valence-electron chi connectivity index (χ0n) is 29.2. The van der Waals surface area contributed by atoms with Crippen LogP contribution in [0.2, 0.25) is 0 Å². The highest BCUT2D eigenvalue weighted by Crippen LogP contribution is 2.30. The van der Waals surface area contributed by atoms with Crippen molar-refractivity contribution in [3.05, 3.63) is 70.8 Å². The second-order valence-corrected chi connectivity index (χ2v) is 14.5. The molecule has 0 saturated carbocycles. The number of esters is 1. The zero-order valence-corrected chi connectivity index (χ0v) is 30.0. The molecule has 0 bridgehead atoms.